The Morgan fingerprint density at radius 2 is 1.57 bits per heavy atom. The number of nitrogens with one attached hydrogen (secondary N) is 2. The van der Waals surface area contributed by atoms with Crippen molar-refractivity contribution in [1.29, 1.82) is 0 Å². The van der Waals surface area contributed by atoms with Crippen LogP contribution in [0.15, 0.2) is 59.5 Å². The molecule has 0 aliphatic carbocycles. The summed E-state index contributed by atoms with van der Waals surface area (Å²) in [4.78, 5) is 23.9. The number of rotatable bonds is 5. The molecule has 28 heavy (non-hydrogen) atoms. The van der Waals surface area contributed by atoms with E-state index in [1.165, 1.54) is 11.2 Å². The number of hydrogen-bond acceptors (Lipinski definition) is 4. The molecule has 0 spiro atoms. The Morgan fingerprint density at radius 3 is 2.18 bits per heavy atom. The summed E-state index contributed by atoms with van der Waals surface area (Å²) in [6.45, 7) is 1.99. The molecule has 3 rings (SSSR count). The van der Waals surface area contributed by atoms with Gasteiger partial charge in [-0.2, -0.15) is 4.31 Å². The predicted molar refractivity (Wildman–Crippen MR) is 107 cm³/mol. The maximum atomic E-state index is 12.8. The smallest absolute Gasteiger partial charge is 0.243 e. The van der Waals surface area contributed by atoms with Gasteiger partial charge in [-0.15, -0.1) is 0 Å². The average molecular weight is 401 g/mol. The predicted octanol–water partition coefficient (Wildman–Crippen LogP) is 2.68. The molecule has 148 valence electrons. The highest BCUT2D eigenvalue weighted by Crippen LogP contribution is 2.25. The van der Waals surface area contributed by atoms with Gasteiger partial charge in [0.2, 0.25) is 21.8 Å². The lowest BCUT2D eigenvalue weighted by Gasteiger charge is -2.31. The molecular weight excluding hydrogens is 378 g/mol. The third kappa shape index (κ3) is 4.76. The standard InChI is InChI=1S/C20H23N3O4S/c1-15(24)21-17-9-11-18(12-10-17)22-20(25)16-6-5-13-23(14-16)28(26,27)19-7-3-2-4-8-19/h2-4,7-12,16H,5-6,13-14H2,1H3,(H,21,24)(H,22,25). The minimum Gasteiger partial charge on any atom is -0.326 e. The van der Waals surface area contributed by atoms with E-state index in [-0.39, 0.29) is 23.3 Å². The summed E-state index contributed by atoms with van der Waals surface area (Å²) in [5.41, 5.74) is 1.24. The van der Waals surface area contributed by atoms with Crippen molar-refractivity contribution in [2.24, 2.45) is 5.92 Å². The molecule has 2 aromatic carbocycles. The van der Waals surface area contributed by atoms with Gasteiger partial charge in [0.25, 0.3) is 0 Å². The van der Waals surface area contributed by atoms with E-state index in [9.17, 15) is 18.0 Å². The average Bonchev–Trinajstić information content (AvgIpc) is 2.70. The number of nitrogens with zero attached hydrogens (tertiary/aromatic N) is 1. The van der Waals surface area contributed by atoms with Crippen molar-refractivity contribution >= 4 is 33.2 Å². The maximum Gasteiger partial charge on any atom is 0.243 e. The van der Waals surface area contributed by atoms with Crippen LogP contribution in [0.4, 0.5) is 11.4 Å². The van der Waals surface area contributed by atoms with Gasteiger partial charge in [-0.3, -0.25) is 9.59 Å². The SMILES string of the molecule is CC(=O)Nc1ccc(NC(=O)C2CCCN(S(=O)(=O)c3ccccc3)C2)cc1. The van der Waals surface area contributed by atoms with E-state index in [4.69, 9.17) is 0 Å². The summed E-state index contributed by atoms with van der Waals surface area (Å²) >= 11 is 0. The van der Waals surface area contributed by atoms with Gasteiger partial charge < -0.3 is 10.6 Å². The molecule has 7 nitrogen and oxygen atoms in total. The first-order chi connectivity index (χ1) is 13.4. The van der Waals surface area contributed by atoms with E-state index in [0.717, 1.165) is 0 Å². The number of sulfonamides is 1. The number of carbonyl (C=O) groups excluding carboxylic acids is 2. The molecule has 8 heteroatoms. The lowest BCUT2D eigenvalue weighted by atomic mass is 9.98. The van der Waals surface area contributed by atoms with Crippen LogP contribution < -0.4 is 10.6 Å². The van der Waals surface area contributed by atoms with Crippen LogP contribution in [0, 0.1) is 5.92 Å². The van der Waals surface area contributed by atoms with Crippen molar-refractivity contribution in [3.05, 3.63) is 54.6 Å². The fourth-order valence-corrected chi connectivity index (χ4v) is 4.75. The lowest BCUT2D eigenvalue weighted by molar-refractivity contribution is -0.121. The number of hydrogen-bond donors (Lipinski definition) is 2. The van der Waals surface area contributed by atoms with E-state index < -0.39 is 15.9 Å². The molecule has 0 bridgehead atoms. The first kappa shape index (κ1) is 20.0. The minimum atomic E-state index is -3.61. The zero-order valence-corrected chi connectivity index (χ0v) is 16.4. The Kier molecular flexibility index (Phi) is 6.11. The Hall–Kier alpha value is -2.71. The zero-order chi connectivity index (χ0) is 20.1. The van der Waals surface area contributed by atoms with Gasteiger partial charge in [0.05, 0.1) is 10.8 Å². The van der Waals surface area contributed by atoms with Crippen molar-refractivity contribution in [3.8, 4) is 0 Å². The van der Waals surface area contributed by atoms with E-state index >= 15 is 0 Å². The Labute approximate surface area is 164 Å². The molecule has 1 fully saturated rings. The molecule has 1 atom stereocenters. The summed E-state index contributed by atoms with van der Waals surface area (Å²) in [6.07, 6.45) is 1.27. The van der Waals surface area contributed by atoms with Gasteiger partial charge in [-0.25, -0.2) is 8.42 Å². The second kappa shape index (κ2) is 8.53. The second-order valence-electron chi connectivity index (χ2n) is 6.76. The van der Waals surface area contributed by atoms with Gasteiger partial charge in [0.15, 0.2) is 0 Å². The molecule has 2 amide bonds. The molecule has 0 aromatic heterocycles. The number of carbonyl (C=O) groups is 2. The molecule has 0 radical (unpaired) electrons. The third-order valence-corrected chi connectivity index (χ3v) is 6.49. The van der Waals surface area contributed by atoms with Crippen molar-refractivity contribution in [1.82, 2.24) is 4.31 Å². The van der Waals surface area contributed by atoms with Crippen LogP contribution in [-0.2, 0) is 19.6 Å². The number of amides is 2. The van der Waals surface area contributed by atoms with Crippen molar-refractivity contribution in [2.75, 3.05) is 23.7 Å². The number of benzene rings is 2. The molecular formula is C20H23N3O4S. The second-order valence-corrected chi connectivity index (χ2v) is 8.70. The van der Waals surface area contributed by atoms with Gasteiger partial charge in [-0.05, 0) is 49.2 Å². The van der Waals surface area contributed by atoms with Crippen LogP contribution >= 0.6 is 0 Å². The highest BCUT2D eigenvalue weighted by Gasteiger charge is 2.33. The van der Waals surface area contributed by atoms with E-state index in [0.29, 0.717) is 30.8 Å². The molecule has 1 unspecified atom stereocenters. The van der Waals surface area contributed by atoms with Crippen LogP contribution in [0.25, 0.3) is 0 Å². The van der Waals surface area contributed by atoms with Crippen molar-refractivity contribution in [3.63, 3.8) is 0 Å². The highest BCUT2D eigenvalue weighted by molar-refractivity contribution is 7.89. The van der Waals surface area contributed by atoms with Crippen LogP contribution in [0.3, 0.4) is 0 Å². The number of anilines is 2. The first-order valence-electron chi connectivity index (χ1n) is 9.10. The normalized spacial score (nSPS) is 17.7. The van der Waals surface area contributed by atoms with Crippen molar-refractivity contribution in [2.45, 2.75) is 24.7 Å². The van der Waals surface area contributed by atoms with E-state index in [2.05, 4.69) is 10.6 Å². The third-order valence-electron chi connectivity index (χ3n) is 4.61. The summed E-state index contributed by atoms with van der Waals surface area (Å²) < 4.78 is 27.0. The number of piperidine rings is 1. The fraction of sp³-hybridized carbons (Fsp3) is 0.300. The molecule has 2 aromatic rings. The molecule has 2 N–H and O–H groups in total. The highest BCUT2D eigenvalue weighted by atomic mass is 32.2. The van der Waals surface area contributed by atoms with Crippen molar-refractivity contribution < 1.29 is 18.0 Å². The van der Waals surface area contributed by atoms with Gasteiger partial charge in [0, 0.05) is 31.4 Å². The Balaban J connectivity index is 1.65. The molecule has 1 saturated heterocycles. The van der Waals surface area contributed by atoms with Gasteiger partial charge in [-0.1, -0.05) is 18.2 Å². The quantitative estimate of drug-likeness (QED) is 0.805. The monoisotopic (exact) mass is 401 g/mol. The summed E-state index contributed by atoms with van der Waals surface area (Å²) in [5, 5.41) is 5.49. The zero-order valence-electron chi connectivity index (χ0n) is 15.6. The molecule has 0 saturated carbocycles. The first-order valence-corrected chi connectivity index (χ1v) is 10.5. The van der Waals surface area contributed by atoms with Gasteiger partial charge >= 0.3 is 0 Å². The maximum absolute atomic E-state index is 12.8. The van der Waals surface area contributed by atoms with Gasteiger partial charge in [0.1, 0.15) is 0 Å². The molecule has 1 aliphatic rings. The summed E-state index contributed by atoms with van der Waals surface area (Å²) in [5.74, 6) is -0.791. The topological polar surface area (TPSA) is 95.6 Å². The van der Waals surface area contributed by atoms with Crippen LogP contribution in [0.2, 0.25) is 0 Å². The largest absolute Gasteiger partial charge is 0.326 e. The van der Waals surface area contributed by atoms with Crippen LogP contribution in [0.5, 0.6) is 0 Å². The Morgan fingerprint density at radius 1 is 0.964 bits per heavy atom. The Bertz CT molecular complexity index is 943. The van der Waals surface area contributed by atoms with Crippen LogP contribution in [0.1, 0.15) is 19.8 Å². The lowest BCUT2D eigenvalue weighted by Crippen LogP contribution is -2.43. The summed E-state index contributed by atoms with van der Waals surface area (Å²) in [6, 6.07) is 15.1. The van der Waals surface area contributed by atoms with Crippen LogP contribution in [-0.4, -0.2) is 37.6 Å². The van der Waals surface area contributed by atoms with E-state index in [1.54, 1.807) is 54.6 Å². The minimum absolute atomic E-state index is 0.160. The summed E-state index contributed by atoms with van der Waals surface area (Å²) in [7, 11) is -3.61. The molecule has 1 aliphatic heterocycles. The molecule has 1 heterocycles. The fourth-order valence-electron chi connectivity index (χ4n) is 3.20. The van der Waals surface area contributed by atoms with E-state index in [1.807, 2.05) is 0 Å².